The molecule has 0 radical (unpaired) electrons. The van der Waals surface area contributed by atoms with Gasteiger partial charge in [-0.15, -0.1) is 0 Å². The lowest BCUT2D eigenvalue weighted by Gasteiger charge is -2.61. The van der Waals surface area contributed by atoms with Crippen LogP contribution < -0.4 is 5.32 Å². The fourth-order valence-electron chi connectivity index (χ4n) is 2.59. The van der Waals surface area contributed by atoms with Crippen molar-refractivity contribution in [2.24, 2.45) is 5.92 Å². The number of carbonyl (C=O) groups is 1. The van der Waals surface area contributed by atoms with Crippen molar-refractivity contribution in [2.75, 3.05) is 0 Å². The average molecular weight is 313 g/mol. The predicted octanol–water partition coefficient (Wildman–Crippen LogP) is 2.57. The summed E-state index contributed by atoms with van der Waals surface area (Å²) in [6, 6.07) is 7.73. The molecule has 0 heterocycles. The second-order valence-electron chi connectivity index (χ2n) is 4.69. The topological polar surface area (TPSA) is 29.1 Å². The first-order valence-corrected chi connectivity index (χ1v) is 6.33. The van der Waals surface area contributed by atoms with Gasteiger partial charge in [-0.05, 0) is 59.9 Å². The fraction of sp³-hybridized carbons (Fsp3) is 0.417. The molecular formula is C12H12INO. The number of rotatable bonds is 2. The summed E-state index contributed by atoms with van der Waals surface area (Å²) in [6.07, 6.45) is 3.59. The van der Waals surface area contributed by atoms with Crippen molar-refractivity contribution in [3.05, 3.63) is 33.4 Å². The van der Waals surface area contributed by atoms with Crippen molar-refractivity contribution in [2.45, 2.75) is 24.8 Å². The second kappa shape index (κ2) is 3.20. The summed E-state index contributed by atoms with van der Waals surface area (Å²) in [7, 11) is 0. The molecule has 1 aromatic carbocycles. The summed E-state index contributed by atoms with van der Waals surface area (Å²) in [5.41, 5.74) is 0.989. The Bertz CT molecular complexity index is 412. The molecule has 0 spiro atoms. The zero-order valence-electron chi connectivity index (χ0n) is 8.29. The van der Waals surface area contributed by atoms with E-state index in [0.29, 0.717) is 0 Å². The molecule has 0 atom stereocenters. The molecule has 2 nitrogen and oxygen atoms in total. The van der Waals surface area contributed by atoms with E-state index < -0.39 is 0 Å². The first-order valence-electron chi connectivity index (χ1n) is 5.26. The Hall–Kier alpha value is -0.580. The molecule has 1 aromatic rings. The highest BCUT2D eigenvalue weighted by Crippen LogP contribution is 2.56. The Morgan fingerprint density at radius 2 is 2.00 bits per heavy atom. The lowest BCUT2D eigenvalue weighted by Crippen LogP contribution is -2.68. The lowest BCUT2D eigenvalue weighted by molar-refractivity contribution is -0.0438. The summed E-state index contributed by atoms with van der Waals surface area (Å²) < 4.78 is 1.03. The van der Waals surface area contributed by atoms with Crippen molar-refractivity contribution in [1.82, 2.24) is 5.32 Å². The van der Waals surface area contributed by atoms with E-state index in [0.717, 1.165) is 15.1 Å². The normalized spacial score (nSPS) is 31.4. The Morgan fingerprint density at radius 1 is 1.33 bits per heavy atom. The van der Waals surface area contributed by atoms with Crippen molar-refractivity contribution in [1.29, 1.82) is 0 Å². The largest absolute Gasteiger partial charge is 0.347 e. The summed E-state index contributed by atoms with van der Waals surface area (Å²) in [5.74, 6) is 0.998. The zero-order valence-corrected chi connectivity index (χ0v) is 10.5. The first kappa shape index (κ1) is 9.63. The molecule has 0 unspecified atom stereocenters. The van der Waals surface area contributed by atoms with Crippen molar-refractivity contribution < 1.29 is 4.79 Å². The van der Waals surface area contributed by atoms with Gasteiger partial charge in [0, 0.05) is 9.11 Å². The van der Waals surface area contributed by atoms with E-state index in [9.17, 15) is 4.79 Å². The predicted molar refractivity (Wildman–Crippen MR) is 66.7 cm³/mol. The molecule has 15 heavy (non-hydrogen) atoms. The second-order valence-corrected chi connectivity index (χ2v) is 5.85. The minimum Gasteiger partial charge on any atom is -0.347 e. The molecule has 1 amide bonds. The molecule has 3 heteroatoms. The Balaban J connectivity index is 1.77. The van der Waals surface area contributed by atoms with Crippen LogP contribution in [0.4, 0.5) is 0 Å². The van der Waals surface area contributed by atoms with Gasteiger partial charge < -0.3 is 5.32 Å². The van der Waals surface area contributed by atoms with Crippen molar-refractivity contribution in [3.63, 3.8) is 0 Å². The SMILES string of the molecule is O=C(NC12CC(C1)C2)c1ccccc1I. The maximum Gasteiger partial charge on any atom is 0.252 e. The van der Waals surface area contributed by atoms with Crippen LogP contribution in [0.1, 0.15) is 29.6 Å². The van der Waals surface area contributed by atoms with Crippen LogP contribution in [-0.2, 0) is 0 Å². The third-order valence-electron chi connectivity index (χ3n) is 3.54. The molecule has 3 aliphatic carbocycles. The summed E-state index contributed by atoms with van der Waals surface area (Å²) >= 11 is 2.21. The van der Waals surface area contributed by atoms with E-state index in [4.69, 9.17) is 0 Å². The fourth-order valence-corrected chi connectivity index (χ4v) is 3.22. The van der Waals surface area contributed by atoms with Crippen LogP contribution in [0.3, 0.4) is 0 Å². The van der Waals surface area contributed by atoms with Gasteiger partial charge in [0.15, 0.2) is 0 Å². The number of amides is 1. The monoisotopic (exact) mass is 313 g/mol. The highest BCUT2D eigenvalue weighted by atomic mass is 127. The van der Waals surface area contributed by atoms with Gasteiger partial charge in [0.25, 0.3) is 5.91 Å². The number of benzene rings is 1. The molecule has 3 saturated carbocycles. The van der Waals surface area contributed by atoms with Crippen LogP contribution in [0, 0.1) is 9.49 Å². The minimum absolute atomic E-state index is 0.0955. The molecular weight excluding hydrogens is 301 g/mol. The van der Waals surface area contributed by atoms with Gasteiger partial charge in [0.1, 0.15) is 0 Å². The van der Waals surface area contributed by atoms with Gasteiger partial charge in [0.05, 0.1) is 5.56 Å². The molecule has 0 saturated heterocycles. The Labute approximate surface area is 103 Å². The van der Waals surface area contributed by atoms with Gasteiger partial charge in [-0.3, -0.25) is 4.79 Å². The molecule has 3 fully saturated rings. The van der Waals surface area contributed by atoms with Crippen LogP contribution in [-0.4, -0.2) is 11.4 Å². The number of halogens is 1. The van der Waals surface area contributed by atoms with Crippen LogP contribution in [0.25, 0.3) is 0 Å². The smallest absolute Gasteiger partial charge is 0.252 e. The molecule has 78 valence electrons. The molecule has 1 N–H and O–H groups in total. The molecule has 4 rings (SSSR count). The quantitative estimate of drug-likeness (QED) is 0.836. The van der Waals surface area contributed by atoms with Crippen LogP contribution in [0.15, 0.2) is 24.3 Å². The zero-order chi connectivity index (χ0) is 10.5. The number of nitrogens with one attached hydrogen (secondary N) is 1. The highest BCUT2D eigenvalue weighted by Gasteiger charge is 2.57. The number of carbonyl (C=O) groups excluding carboxylic acids is 1. The highest BCUT2D eigenvalue weighted by molar-refractivity contribution is 14.1. The molecule has 0 aliphatic heterocycles. The van der Waals surface area contributed by atoms with Gasteiger partial charge in [-0.1, -0.05) is 12.1 Å². The van der Waals surface area contributed by atoms with Crippen LogP contribution in [0.2, 0.25) is 0 Å². The van der Waals surface area contributed by atoms with Crippen LogP contribution >= 0.6 is 22.6 Å². The lowest BCUT2D eigenvalue weighted by atomic mass is 9.50. The van der Waals surface area contributed by atoms with E-state index >= 15 is 0 Å². The van der Waals surface area contributed by atoms with Gasteiger partial charge in [0.2, 0.25) is 0 Å². The average Bonchev–Trinajstić information content (AvgIpc) is 2.10. The van der Waals surface area contributed by atoms with E-state index in [1.54, 1.807) is 0 Å². The Morgan fingerprint density at radius 3 is 2.53 bits per heavy atom. The minimum atomic E-state index is 0.0955. The van der Waals surface area contributed by atoms with E-state index in [1.807, 2.05) is 24.3 Å². The van der Waals surface area contributed by atoms with Gasteiger partial charge in [-0.25, -0.2) is 0 Å². The molecule has 0 aromatic heterocycles. The molecule has 3 aliphatic rings. The van der Waals surface area contributed by atoms with Gasteiger partial charge >= 0.3 is 0 Å². The van der Waals surface area contributed by atoms with E-state index in [2.05, 4.69) is 27.9 Å². The summed E-state index contributed by atoms with van der Waals surface area (Å²) in [4.78, 5) is 12.0. The van der Waals surface area contributed by atoms with Crippen molar-refractivity contribution in [3.8, 4) is 0 Å². The van der Waals surface area contributed by atoms with E-state index in [-0.39, 0.29) is 11.4 Å². The van der Waals surface area contributed by atoms with Crippen molar-refractivity contribution >= 4 is 28.5 Å². The third kappa shape index (κ3) is 1.48. The maximum absolute atomic E-state index is 12.0. The first-order chi connectivity index (χ1) is 7.19. The molecule has 2 bridgehead atoms. The summed E-state index contributed by atoms with van der Waals surface area (Å²) in [6.45, 7) is 0. The van der Waals surface area contributed by atoms with Crippen LogP contribution in [0.5, 0.6) is 0 Å². The van der Waals surface area contributed by atoms with E-state index in [1.165, 1.54) is 19.3 Å². The maximum atomic E-state index is 12.0. The summed E-state index contributed by atoms with van der Waals surface area (Å²) in [5, 5.41) is 3.17. The Kier molecular flexibility index (Phi) is 2.06. The number of hydrogen-bond acceptors (Lipinski definition) is 1. The standard InChI is InChI=1S/C12H12INO/c13-10-4-2-1-3-9(10)11(15)14-12-5-8(6-12)7-12/h1-4,8H,5-7H2,(H,14,15). The third-order valence-corrected chi connectivity index (χ3v) is 4.48. The number of hydrogen-bond donors (Lipinski definition) is 1. The van der Waals surface area contributed by atoms with Gasteiger partial charge in [-0.2, -0.15) is 0 Å².